The summed E-state index contributed by atoms with van der Waals surface area (Å²) in [6, 6.07) is 14.0. The Balaban J connectivity index is 1.76. The molecular weight excluding hydrogens is 410 g/mol. The minimum Gasteiger partial charge on any atom is -0.345 e. The van der Waals surface area contributed by atoms with E-state index in [1.54, 1.807) is 41.1 Å². The van der Waals surface area contributed by atoms with Crippen LogP contribution in [0.2, 0.25) is 0 Å². The van der Waals surface area contributed by atoms with Gasteiger partial charge in [0.05, 0.1) is 17.8 Å². The number of urea groups is 1. The molecule has 0 fully saturated rings. The van der Waals surface area contributed by atoms with Crippen LogP contribution >= 0.6 is 0 Å². The summed E-state index contributed by atoms with van der Waals surface area (Å²) in [5, 5.41) is 2.53. The number of carbonyl (C=O) groups excluding carboxylic acids is 1. The molecule has 0 spiro atoms. The van der Waals surface area contributed by atoms with Gasteiger partial charge in [0.25, 0.3) is 0 Å². The van der Waals surface area contributed by atoms with Gasteiger partial charge >= 0.3 is 12.2 Å². The number of para-hydroxylation sites is 1. The number of carbonyl (C=O) groups is 1. The van der Waals surface area contributed by atoms with Crippen molar-refractivity contribution in [2.24, 2.45) is 0 Å². The van der Waals surface area contributed by atoms with Crippen molar-refractivity contribution in [3.05, 3.63) is 102 Å². The van der Waals surface area contributed by atoms with Gasteiger partial charge in [-0.1, -0.05) is 30.3 Å². The fraction of sp³-hybridized carbons (Fsp3) is 0.174. The van der Waals surface area contributed by atoms with Gasteiger partial charge in [0.15, 0.2) is 0 Å². The third-order valence-corrected chi connectivity index (χ3v) is 4.64. The lowest BCUT2D eigenvalue weighted by Crippen LogP contribution is -2.35. The number of anilines is 1. The quantitative estimate of drug-likeness (QED) is 0.366. The van der Waals surface area contributed by atoms with Crippen molar-refractivity contribution < 1.29 is 22.4 Å². The van der Waals surface area contributed by atoms with Gasteiger partial charge in [-0.2, -0.15) is 13.2 Å². The summed E-state index contributed by atoms with van der Waals surface area (Å²) in [6.07, 6.45) is -1.14. The van der Waals surface area contributed by atoms with Crippen molar-refractivity contribution in [3.63, 3.8) is 0 Å². The van der Waals surface area contributed by atoms with Crippen LogP contribution in [0.3, 0.4) is 0 Å². The number of rotatable bonds is 7. The van der Waals surface area contributed by atoms with E-state index in [0.717, 1.165) is 12.1 Å². The third kappa shape index (κ3) is 5.75. The Labute approximate surface area is 177 Å². The highest BCUT2D eigenvalue weighted by atomic mass is 19.4. The standard InChI is InChI=1S/C23H21F4N3O/c1-2-12-30(22(31)28-21-11-4-3-10-20(21)24)16-19-9-6-13-29(19)15-17-7-5-8-18(14-17)23(25,26)27/h2-11,13-14H,1,12,15-16H2,(H,28,31). The molecule has 162 valence electrons. The van der Waals surface area contributed by atoms with Gasteiger partial charge in [0.1, 0.15) is 5.82 Å². The second-order valence-corrected chi connectivity index (χ2v) is 6.90. The summed E-state index contributed by atoms with van der Waals surface area (Å²) in [5.74, 6) is -0.553. The fourth-order valence-corrected chi connectivity index (χ4v) is 3.12. The maximum Gasteiger partial charge on any atom is 0.416 e. The molecule has 2 aromatic carbocycles. The molecule has 0 saturated carbocycles. The van der Waals surface area contributed by atoms with E-state index in [9.17, 15) is 22.4 Å². The van der Waals surface area contributed by atoms with Crippen molar-refractivity contribution in [1.29, 1.82) is 0 Å². The van der Waals surface area contributed by atoms with Crippen LogP contribution in [0.5, 0.6) is 0 Å². The van der Waals surface area contributed by atoms with E-state index in [2.05, 4.69) is 11.9 Å². The molecule has 1 heterocycles. The Morgan fingerprint density at radius 1 is 1.10 bits per heavy atom. The molecule has 31 heavy (non-hydrogen) atoms. The number of amides is 2. The minimum atomic E-state index is -4.42. The number of benzene rings is 2. The lowest BCUT2D eigenvalue weighted by atomic mass is 10.1. The van der Waals surface area contributed by atoms with E-state index in [0.29, 0.717) is 11.3 Å². The molecule has 0 aliphatic carbocycles. The highest BCUT2D eigenvalue weighted by Crippen LogP contribution is 2.29. The van der Waals surface area contributed by atoms with E-state index in [1.165, 1.54) is 29.2 Å². The largest absolute Gasteiger partial charge is 0.416 e. The van der Waals surface area contributed by atoms with Crippen LogP contribution < -0.4 is 5.32 Å². The molecule has 0 aliphatic rings. The van der Waals surface area contributed by atoms with Crippen LogP contribution in [0.1, 0.15) is 16.8 Å². The molecule has 2 amide bonds. The van der Waals surface area contributed by atoms with Gasteiger partial charge in [0.2, 0.25) is 0 Å². The van der Waals surface area contributed by atoms with Crippen molar-refractivity contribution in [2.45, 2.75) is 19.3 Å². The lowest BCUT2D eigenvalue weighted by molar-refractivity contribution is -0.137. The van der Waals surface area contributed by atoms with Gasteiger partial charge in [-0.05, 0) is 42.0 Å². The second kappa shape index (κ2) is 9.51. The molecular formula is C23H21F4N3O. The molecule has 1 N–H and O–H groups in total. The summed E-state index contributed by atoms with van der Waals surface area (Å²) in [6.45, 7) is 4.23. The maximum atomic E-state index is 13.9. The Morgan fingerprint density at radius 3 is 2.58 bits per heavy atom. The van der Waals surface area contributed by atoms with Crippen LogP contribution in [0, 0.1) is 5.82 Å². The Morgan fingerprint density at radius 2 is 1.87 bits per heavy atom. The van der Waals surface area contributed by atoms with Crippen molar-refractivity contribution >= 4 is 11.7 Å². The highest BCUT2D eigenvalue weighted by Gasteiger charge is 2.30. The van der Waals surface area contributed by atoms with Gasteiger partial charge in [-0.25, -0.2) is 9.18 Å². The van der Waals surface area contributed by atoms with Gasteiger partial charge < -0.3 is 14.8 Å². The van der Waals surface area contributed by atoms with Crippen molar-refractivity contribution in [2.75, 3.05) is 11.9 Å². The number of nitrogens with zero attached hydrogens (tertiary/aromatic N) is 2. The molecule has 3 aromatic rings. The number of hydrogen-bond donors (Lipinski definition) is 1. The van der Waals surface area contributed by atoms with Crippen LogP contribution in [0.25, 0.3) is 0 Å². The zero-order valence-corrected chi connectivity index (χ0v) is 16.6. The summed E-state index contributed by atoms with van der Waals surface area (Å²) in [5.41, 5.74) is 0.540. The smallest absolute Gasteiger partial charge is 0.345 e. The molecule has 1 aromatic heterocycles. The molecule has 0 unspecified atom stereocenters. The lowest BCUT2D eigenvalue weighted by Gasteiger charge is -2.23. The zero-order valence-electron chi connectivity index (χ0n) is 16.6. The van der Waals surface area contributed by atoms with E-state index >= 15 is 0 Å². The van der Waals surface area contributed by atoms with Crippen LogP contribution in [-0.2, 0) is 19.3 Å². The Kier molecular flexibility index (Phi) is 6.79. The average Bonchev–Trinajstić information content (AvgIpc) is 3.15. The summed E-state index contributed by atoms with van der Waals surface area (Å²) >= 11 is 0. The van der Waals surface area contributed by atoms with Crippen LogP contribution in [-0.4, -0.2) is 22.0 Å². The molecule has 0 atom stereocenters. The second-order valence-electron chi connectivity index (χ2n) is 6.90. The first kappa shape index (κ1) is 22.1. The van der Waals surface area contributed by atoms with E-state index in [-0.39, 0.29) is 25.3 Å². The number of alkyl halides is 3. The van der Waals surface area contributed by atoms with E-state index < -0.39 is 23.6 Å². The average molecular weight is 431 g/mol. The van der Waals surface area contributed by atoms with Crippen molar-refractivity contribution in [3.8, 4) is 0 Å². The predicted molar refractivity (Wildman–Crippen MR) is 111 cm³/mol. The molecule has 0 radical (unpaired) electrons. The van der Waals surface area contributed by atoms with Gasteiger partial charge in [0, 0.05) is 25.0 Å². The first-order valence-corrected chi connectivity index (χ1v) is 9.49. The predicted octanol–water partition coefficient (Wildman–Crippen LogP) is 5.91. The fourth-order valence-electron chi connectivity index (χ4n) is 3.12. The third-order valence-electron chi connectivity index (χ3n) is 4.64. The number of aromatic nitrogens is 1. The van der Waals surface area contributed by atoms with Crippen LogP contribution in [0.15, 0.2) is 79.5 Å². The monoisotopic (exact) mass is 431 g/mol. The van der Waals surface area contributed by atoms with Crippen molar-refractivity contribution in [1.82, 2.24) is 9.47 Å². The topological polar surface area (TPSA) is 37.3 Å². The number of nitrogens with one attached hydrogen (secondary N) is 1. The molecule has 4 nitrogen and oxygen atoms in total. The number of halogens is 4. The molecule has 0 saturated heterocycles. The highest BCUT2D eigenvalue weighted by molar-refractivity contribution is 5.89. The van der Waals surface area contributed by atoms with Gasteiger partial charge in [-0.3, -0.25) is 0 Å². The number of hydrogen-bond acceptors (Lipinski definition) is 1. The molecule has 8 heteroatoms. The van der Waals surface area contributed by atoms with Gasteiger partial charge in [-0.15, -0.1) is 6.58 Å². The first-order valence-electron chi connectivity index (χ1n) is 9.49. The Bertz CT molecular complexity index is 1060. The summed E-state index contributed by atoms with van der Waals surface area (Å²) in [4.78, 5) is 14.1. The zero-order chi connectivity index (χ0) is 22.4. The Hall–Kier alpha value is -3.55. The normalized spacial score (nSPS) is 11.2. The van der Waals surface area contributed by atoms with Crippen LogP contribution in [0.4, 0.5) is 28.0 Å². The molecule has 3 rings (SSSR count). The SMILES string of the molecule is C=CCN(Cc1cccn1Cc1cccc(C(F)(F)F)c1)C(=O)Nc1ccccc1F. The minimum absolute atomic E-state index is 0.0564. The molecule has 0 bridgehead atoms. The summed E-state index contributed by atoms with van der Waals surface area (Å²) < 4.78 is 54.6. The summed E-state index contributed by atoms with van der Waals surface area (Å²) in [7, 11) is 0. The van der Waals surface area contributed by atoms with E-state index in [1.807, 2.05) is 0 Å². The van der Waals surface area contributed by atoms with E-state index in [4.69, 9.17) is 0 Å². The first-order chi connectivity index (χ1) is 14.8. The molecule has 0 aliphatic heterocycles. The maximum absolute atomic E-state index is 13.9.